The highest BCUT2D eigenvalue weighted by molar-refractivity contribution is 5.99. The molecule has 0 amide bonds. The minimum atomic E-state index is -0.441. The van der Waals surface area contributed by atoms with Gasteiger partial charge in [0, 0.05) is 10.8 Å². The molecule has 35 heavy (non-hydrogen) atoms. The van der Waals surface area contributed by atoms with Gasteiger partial charge in [-0.15, -0.1) is 5.11 Å². The summed E-state index contributed by atoms with van der Waals surface area (Å²) in [4.78, 5) is 12.7. The van der Waals surface area contributed by atoms with Crippen molar-refractivity contribution in [2.24, 2.45) is 10.2 Å². The van der Waals surface area contributed by atoms with E-state index in [9.17, 15) is 4.79 Å². The predicted octanol–water partition coefficient (Wildman–Crippen LogP) is 8.05. The summed E-state index contributed by atoms with van der Waals surface area (Å²) in [6.45, 7) is 2.89. The van der Waals surface area contributed by atoms with Gasteiger partial charge in [-0.05, 0) is 67.1 Å². The van der Waals surface area contributed by atoms with Crippen LogP contribution in [0.4, 0.5) is 11.4 Å². The molecular weight excluding hydrogens is 440 g/mol. The maximum absolute atomic E-state index is 12.7. The van der Waals surface area contributed by atoms with Gasteiger partial charge in [0.2, 0.25) is 0 Å². The van der Waals surface area contributed by atoms with Crippen molar-refractivity contribution in [1.29, 1.82) is 0 Å². The van der Waals surface area contributed by atoms with E-state index < -0.39 is 5.97 Å². The molecule has 4 aromatic carbocycles. The summed E-state index contributed by atoms with van der Waals surface area (Å²) in [5.41, 5.74) is 1.85. The Morgan fingerprint density at radius 1 is 0.771 bits per heavy atom. The van der Waals surface area contributed by atoms with Crippen LogP contribution in [-0.4, -0.2) is 19.7 Å². The van der Waals surface area contributed by atoms with Gasteiger partial charge in [-0.1, -0.05) is 44.0 Å². The average molecular weight is 469 g/mol. The van der Waals surface area contributed by atoms with E-state index in [4.69, 9.17) is 14.2 Å². The van der Waals surface area contributed by atoms with Crippen molar-refractivity contribution in [2.75, 3.05) is 13.7 Å². The molecule has 0 atom stereocenters. The number of fused-ring (bicyclic) bond motifs is 1. The van der Waals surface area contributed by atoms with E-state index in [0.717, 1.165) is 35.2 Å². The standard InChI is InChI=1S/C29H28N2O4/c1-3-4-7-20-34-24-16-12-22(13-17-24)30-31-27-18-19-28(26-9-6-5-8-25(26)27)35-29(32)21-10-14-23(33-2)15-11-21/h5-6,8-19H,3-4,7,20H2,1-2H3. The van der Waals surface area contributed by atoms with Gasteiger partial charge in [-0.3, -0.25) is 0 Å². The number of unbranched alkanes of at least 4 members (excludes halogenated alkanes) is 2. The Balaban J connectivity index is 1.49. The van der Waals surface area contributed by atoms with E-state index in [-0.39, 0.29) is 0 Å². The number of methoxy groups -OCH3 is 1. The number of hydrogen-bond donors (Lipinski definition) is 0. The van der Waals surface area contributed by atoms with Crippen LogP contribution in [0.1, 0.15) is 36.5 Å². The molecule has 0 spiro atoms. The number of hydrogen-bond acceptors (Lipinski definition) is 6. The highest BCUT2D eigenvalue weighted by atomic mass is 16.5. The molecule has 4 rings (SSSR count). The Morgan fingerprint density at radius 2 is 1.49 bits per heavy atom. The summed E-state index contributed by atoms with van der Waals surface area (Å²) in [6, 6.07) is 25.6. The van der Waals surface area contributed by atoms with Crippen LogP contribution in [0.3, 0.4) is 0 Å². The third-order valence-corrected chi connectivity index (χ3v) is 5.52. The molecule has 0 saturated heterocycles. The fourth-order valence-corrected chi connectivity index (χ4v) is 3.58. The van der Waals surface area contributed by atoms with Crippen LogP contribution in [0, 0.1) is 0 Å². The first-order valence-electron chi connectivity index (χ1n) is 11.7. The fraction of sp³-hybridized carbons (Fsp3) is 0.207. The smallest absolute Gasteiger partial charge is 0.343 e. The molecule has 0 radical (unpaired) electrons. The molecule has 0 fully saturated rings. The molecule has 0 aliphatic heterocycles. The summed E-state index contributed by atoms with van der Waals surface area (Å²) < 4.78 is 16.6. The van der Waals surface area contributed by atoms with Gasteiger partial charge in [0.15, 0.2) is 0 Å². The summed E-state index contributed by atoms with van der Waals surface area (Å²) in [7, 11) is 1.58. The molecule has 0 N–H and O–H groups in total. The van der Waals surface area contributed by atoms with Crippen LogP contribution in [0.5, 0.6) is 17.2 Å². The van der Waals surface area contributed by atoms with Crippen molar-refractivity contribution in [3.05, 3.63) is 90.5 Å². The first-order valence-corrected chi connectivity index (χ1v) is 11.7. The number of ether oxygens (including phenoxy) is 3. The Kier molecular flexibility index (Phi) is 8.07. The monoisotopic (exact) mass is 468 g/mol. The van der Waals surface area contributed by atoms with Crippen LogP contribution in [0.2, 0.25) is 0 Å². The summed E-state index contributed by atoms with van der Waals surface area (Å²) in [6.07, 6.45) is 3.39. The van der Waals surface area contributed by atoms with Crippen molar-refractivity contribution in [1.82, 2.24) is 0 Å². The number of benzene rings is 4. The molecule has 178 valence electrons. The van der Waals surface area contributed by atoms with Crippen molar-refractivity contribution in [2.45, 2.75) is 26.2 Å². The number of azo groups is 1. The summed E-state index contributed by atoms with van der Waals surface area (Å²) >= 11 is 0. The van der Waals surface area contributed by atoms with Gasteiger partial charge in [0.05, 0.1) is 30.7 Å². The Labute approximate surface area is 205 Å². The van der Waals surface area contributed by atoms with Gasteiger partial charge in [-0.2, -0.15) is 5.11 Å². The van der Waals surface area contributed by atoms with Gasteiger partial charge < -0.3 is 14.2 Å². The maximum Gasteiger partial charge on any atom is 0.343 e. The second kappa shape index (κ2) is 11.8. The average Bonchev–Trinajstić information content (AvgIpc) is 2.91. The number of carbonyl (C=O) groups is 1. The zero-order valence-corrected chi connectivity index (χ0v) is 19.9. The Bertz CT molecular complexity index is 1300. The second-order valence-electron chi connectivity index (χ2n) is 8.00. The number of nitrogens with zero attached hydrogens (tertiary/aromatic N) is 2. The van der Waals surface area contributed by atoms with E-state index >= 15 is 0 Å². The van der Waals surface area contributed by atoms with Crippen LogP contribution in [0.15, 0.2) is 95.2 Å². The lowest BCUT2D eigenvalue weighted by Gasteiger charge is -2.10. The van der Waals surface area contributed by atoms with E-state index in [0.29, 0.717) is 22.7 Å². The zero-order valence-electron chi connectivity index (χ0n) is 19.9. The lowest BCUT2D eigenvalue weighted by Crippen LogP contribution is -2.08. The molecule has 0 aliphatic carbocycles. The van der Waals surface area contributed by atoms with Crippen LogP contribution >= 0.6 is 0 Å². The Morgan fingerprint density at radius 3 is 2.20 bits per heavy atom. The van der Waals surface area contributed by atoms with E-state index in [2.05, 4.69) is 17.2 Å². The number of esters is 1. The lowest BCUT2D eigenvalue weighted by atomic mass is 10.1. The van der Waals surface area contributed by atoms with Crippen LogP contribution in [-0.2, 0) is 0 Å². The lowest BCUT2D eigenvalue weighted by molar-refractivity contribution is 0.0737. The molecule has 0 heterocycles. The fourth-order valence-electron chi connectivity index (χ4n) is 3.58. The van der Waals surface area contributed by atoms with Crippen LogP contribution < -0.4 is 14.2 Å². The molecule has 0 aliphatic rings. The third-order valence-electron chi connectivity index (χ3n) is 5.52. The van der Waals surface area contributed by atoms with Gasteiger partial charge >= 0.3 is 5.97 Å². The third kappa shape index (κ3) is 6.23. The van der Waals surface area contributed by atoms with E-state index in [1.165, 1.54) is 12.8 Å². The largest absolute Gasteiger partial charge is 0.497 e. The van der Waals surface area contributed by atoms with Gasteiger partial charge in [0.25, 0.3) is 0 Å². The second-order valence-corrected chi connectivity index (χ2v) is 8.00. The van der Waals surface area contributed by atoms with Gasteiger partial charge in [-0.25, -0.2) is 4.79 Å². The number of rotatable bonds is 10. The first-order chi connectivity index (χ1) is 17.2. The topological polar surface area (TPSA) is 69.5 Å². The summed E-state index contributed by atoms with van der Waals surface area (Å²) in [5, 5.41) is 10.4. The molecule has 6 nitrogen and oxygen atoms in total. The molecule has 6 heteroatoms. The highest BCUT2D eigenvalue weighted by Crippen LogP contribution is 2.34. The van der Waals surface area contributed by atoms with E-state index in [1.807, 2.05) is 48.5 Å². The zero-order chi connectivity index (χ0) is 24.5. The molecular formula is C29H28N2O4. The molecule has 4 aromatic rings. The molecule has 0 saturated carbocycles. The minimum Gasteiger partial charge on any atom is -0.497 e. The van der Waals surface area contributed by atoms with Crippen molar-refractivity contribution >= 4 is 28.1 Å². The normalized spacial score (nSPS) is 11.0. The molecule has 0 aromatic heterocycles. The highest BCUT2D eigenvalue weighted by Gasteiger charge is 2.13. The summed E-state index contributed by atoms with van der Waals surface area (Å²) in [5.74, 6) is 1.53. The first kappa shape index (κ1) is 24.0. The van der Waals surface area contributed by atoms with Crippen molar-refractivity contribution < 1.29 is 19.0 Å². The van der Waals surface area contributed by atoms with Gasteiger partial charge in [0.1, 0.15) is 17.2 Å². The van der Waals surface area contributed by atoms with Crippen LogP contribution in [0.25, 0.3) is 10.8 Å². The predicted molar refractivity (Wildman–Crippen MR) is 138 cm³/mol. The maximum atomic E-state index is 12.7. The quantitative estimate of drug-likeness (QED) is 0.102. The minimum absolute atomic E-state index is 0.441. The SMILES string of the molecule is CCCCCOc1ccc(N=Nc2ccc(OC(=O)c3ccc(OC)cc3)c3ccccc23)cc1. The van der Waals surface area contributed by atoms with E-state index in [1.54, 1.807) is 43.5 Å². The van der Waals surface area contributed by atoms with Crippen molar-refractivity contribution in [3.8, 4) is 17.2 Å². The Hall–Kier alpha value is -4.19. The number of carbonyl (C=O) groups excluding carboxylic acids is 1. The molecule has 0 unspecified atom stereocenters. The molecule has 0 bridgehead atoms. The van der Waals surface area contributed by atoms with Crippen molar-refractivity contribution in [3.63, 3.8) is 0 Å².